The van der Waals surface area contributed by atoms with Crippen molar-refractivity contribution < 1.29 is 0 Å². The zero-order chi connectivity index (χ0) is 14.9. The van der Waals surface area contributed by atoms with E-state index < -0.39 is 0 Å². The van der Waals surface area contributed by atoms with E-state index in [2.05, 4.69) is 49.4 Å². The quantitative estimate of drug-likeness (QED) is 0.317. The molecule has 114 valence electrons. The van der Waals surface area contributed by atoms with Crippen LogP contribution in [0.25, 0.3) is 9.75 Å². The first kappa shape index (κ1) is 17.6. The molecule has 0 fully saturated rings. The molecule has 0 atom stereocenters. The van der Waals surface area contributed by atoms with Crippen LogP contribution in [0.15, 0.2) is 24.3 Å². The molecule has 3 heteroatoms. The van der Waals surface area contributed by atoms with Gasteiger partial charge in [-0.3, -0.25) is 0 Å². The molecule has 2 aromatic heterocycles. The van der Waals surface area contributed by atoms with Gasteiger partial charge in [-0.15, -0.1) is 0 Å². The Balaban J connectivity index is 1.85. The topological polar surface area (TPSA) is 0 Å². The SMILES string of the molecule is CCCCCCc1ccc(-c2cc[c]([Sn][CH2]CCC)s2)s1. The van der Waals surface area contributed by atoms with Gasteiger partial charge in [0.1, 0.15) is 0 Å². The molecule has 0 aliphatic heterocycles. The van der Waals surface area contributed by atoms with Crippen LogP contribution in [0.5, 0.6) is 0 Å². The van der Waals surface area contributed by atoms with E-state index in [1.165, 1.54) is 59.1 Å². The molecule has 0 nitrogen and oxygen atoms in total. The molecule has 0 saturated carbocycles. The van der Waals surface area contributed by atoms with Gasteiger partial charge in [0.05, 0.1) is 0 Å². The summed E-state index contributed by atoms with van der Waals surface area (Å²) in [5.74, 6) is 0. The van der Waals surface area contributed by atoms with E-state index in [0.29, 0.717) is 0 Å². The van der Waals surface area contributed by atoms with Crippen LogP contribution < -0.4 is 2.89 Å². The zero-order valence-electron chi connectivity index (χ0n) is 13.3. The van der Waals surface area contributed by atoms with Crippen molar-refractivity contribution in [3.8, 4) is 9.75 Å². The van der Waals surface area contributed by atoms with Gasteiger partial charge in [0, 0.05) is 0 Å². The number of aryl methyl sites for hydroxylation is 1. The summed E-state index contributed by atoms with van der Waals surface area (Å²) in [6.07, 6.45) is 9.51. The van der Waals surface area contributed by atoms with Crippen LogP contribution in [0, 0.1) is 0 Å². The van der Waals surface area contributed by atoms with Crippen LogP contribution >= 0.6 is 22.7 Å². The van der Waals surface area contributed by atoms with Crippen LogP contribution in [-0.2, 0) is 6.42 Å². The molecule has 2 rings (SSSR count). The third-order valence-corrected chi connectivity index (χ3v) is 10.9. The Bertz CT molecular complexity index is 513. The molecular weight excluding hydrogens is 399 g/mol. The summed E-state index contributed by atoms with van der Waals surface area (Å²) in [7, 11) is 0. The van der Waals surface area contributed by atoms with Crippen molar-refractivity contribution >= 4 is 46.7 Å². The first-order chi connectivity index (χ1) is 10.3. The van der Waals surface area contributed by atoms with Gasteiger partial charge < -0.3 is 0 Å². The van der Waals surface area contributed by atoms with Gasteiger partial charge in [-0.2, -0.15) is 0 Å². The van der Waals surface area contributed by atoms with Gasteiger partial charge in [-0.1, -0.05) is 0 Å². The molecule has 0 bridgehead atoms. The second-order valence-corrected chi connectivity index (χ2v) is 12.8. The van der Waals surface area contributed by atoms with E-state index in [-0.39, 0.29) is 21.1 Å². The minimum atomic E-state index is -0.277. The van der Waals surface area contributed by atoms with Crippen LogP contribution in [0.4, 0.5) is 0 Å². The molecule has 0 spiro atoms. The molecule has 0 aliphatic rings. The zero-order valence-corrected chi connectivity index (χ0v) is 17.8. The van der Waals surface area contributed by atoms with Crippen molar-refractivity contribution in [3.05, 3.63) is 29.1 Å². The Labute approximate surface area is 148 Å². The van der Waals surface area contributed by atoms with Gasteiger partial charge in [0.15, 0.2) is 0 Å². The average molecular weight is 425 g/mol. The van der Waals surface area contributed by atoms with Crippen LogP contribution in [0.2, 0.25) is 4.44 Å². The van der Waals surface area contributed by atoms with Gasteiger partial charge in [-0.05, 0) is 0 Å². The maximum absolute atomic E-state index is 2.41. The van der Waals surface area contributed by atoms with Crippen LogP contribution in [0.3, 0.4) is 0 Å². The average Bonchev–Trinajstić information content (AvgIpc) is 3.13. The van der Waals surface area contributed by atoms with Crippen LogP contribution in [0.1, 0.15) is 57.2 Å². The summed E-state index contributed by atoms with van der Waals surface area (Å²) < 4.78 is 3.23. The number of hydrogen-bond acceptors (Lipinski definition) is 2. The number of thiophene rings is 2. The maximum atomic E-state index is 2.41. The Morgan fingerprint density at radius 2 is 1.57 bits per heavy atom. The first-order valence-corrected chi connectivity index (χ1v) is 13.3. The first-order valence-electron chi connectivity index (χ1n) is 8.26. The van der Waals surface area contributed by atoms with E-state index in [1.54, 1.807) is 7.77 Å². The summed E-state index contributed by atoms with van der Waals surface area (Å²) in [4.78, 5) is 4.57. The molecule has 0 aromatic carbocycles. The molecule has 2 radical (unpaired) electrons. The fourth-order valence-corrected chi connectivity index (χ4v) is 9.33. The fraction of sp³-hybridized carbons (Fsp3) is 0.556. The van der Waals surface area contributed by atoms with Crippen molar-refractivity contribution in [3.63, 3.8) is 0 Å². The molecule has 0 unspecified atom stereocenters. The standard InChI is InChI=1S/C14H17S2.C4H9.Sn/c1-2-3-4-5-7-12-9-10-14(16-12)13-8-6-11-15-13;1-3-4-2;/h6,8-10H,2-5,7H2,1H3;1,3-4H2,2H3;. The fourth-order valence-electron chi connectivity index (χ4n) is 2.32. The molecule has 0 amide bonds. The van der Waals surface area contributed by atoms with E-state index in [1.807, 2.05) is 11.3 Å². The molecule has 0 aliphatic carbocycles. The molecule has 0 saturated heterocycles. The summed E-state index contributed by atoms with van der Waals surface area (Å²) in [5, 5.41) is 0. The monoisotopic (exact) mass is 426 g/mol. The molecule has 21 heavy (non-hydrogen) atoms. The third kappa shape index (κ3) is 6.07. The van der Waals surface area contributed by atoms with Crippen LogP contribution in [-0.4, -0.2) is 21.1 Å². The Morgan fingerprint density at radius 1 is 0.810 bits per heavy atom. The summed E-state index contributed by atoms with van der Waals surface area (Å²) in [6.45, 7) is 4.58. The van der Waals surface area contributed by atoms with E-state index in [4.69, 9.17) is 0 Å². The summed E-state index contributed by atoms with van der Waals surface area (Å²) in [6, 6.07) is 9.46. The normalized spacial score (nSPS) is 11.1. The molecule has 2 heterocycles. The van der Waals surface area contributed by atoms with E-state index >= 15 is 0 Å². The van der Waals surface area contributed by atoms with Gasteiger partial charge >= 0.3 is 149 Å². The van der Waals surface area contributed by atoms with Crippen molar-refractivity contribution in [2.45, 2.75) is 63.2 Å². The predicted octanol–water partition coefficient (Wildman–Crippen LogP) is 6.15. The molecule has 0 N–H and O–H groups in total. The summed E-state index contributed by atoms with van der Waals surface area (Å²) in [5.41, 5.74) is 0. The Kier molecular flexibility index (Phi) is 8.41. The second-order valence-electron chi connectivity index (χ2n) is 5.52. The van der Waals surface area contributed by atoms with E-state index in [9.17, 15) is 0 Å². The second kappa shape index (κ2) is 10.1. The summed E-state index contributed by atoms with van der Waals surface area (Å²) >= 11 is 3.81. The minimum absolute atomic E-state index is 0.277. The molecule has 2 aromatic rings. The predicted molar refractivity (Wildman–Crippen MR) is 101 cm³/mol. The van der Waals surface area contributed by atoms with E-state index in [0.717, 1.165) is 0 Å². The van der Waals surface area contributed by atoms with Gasteiger partial charge in [0.2, 0.25) is 0 Å². The Morgan fingerprint density at radius 3 is 2.38 bits per heavy atom. The van der Waals surface area contributed by atoms with Gasteiger partial charge in [-0.25, -0.2) is 0 Å². The number of rotatable bonds is 10. The van der Waals surface area contributed by atoms with Crippen molar-refractivity contribution in [1.82, 2.24) is 0 Å². The van der Waals surface area contributed by atoms with Gasteiger partial charge in [0.25, 0.3) is 0 Å². The van der Waals surface area contributed by atoms with Crippen molar-refractivity contribution in [2.24, 2.45) is 0 Å². The van der Waals surface area contributed by atoms with Crippen molar-refractivity contribution in [2.75, 3.05) is 0 Å². The number of hydrogen-bond donors (Lipinski definition) is 0. The Hall–Kier alpha value is 0.199. The number of unbranched alkanes of at least 4 members (excludes halogenated alkanes) is 4. The van der Waals surface area contributed by atoms with Crippen molar-refractivity contribution in [1.29, 1.82) is 0 Å². The third-order valence-electron chi connectivity index (χ3n) is 3.62. The molecular formula is C18H26S2Sn.